The molecule has 0 atom stereocenters. The van der Waals surface area contributed by atoms with Gasteiger partial charge in [0, 0.05) is 45.4 Å². The molecule has 0 radical (unpaired) electrons. The molecule has 0 saturated heterocycles. The van der Waals surface area contributed by atoms with Gasteiger partial charge in [-0.25, -0.2) is 0 Å². The largest absolute Gasteiger partial charge is 0.311 e. The van der Waals surface area contributed by atoms with Gasteiger partial charge in [-0.1, -0.05) is 192 Å². The van der Waals surface area contributed by atoms with E-state index in [-0.39, 0.29) is 28.4 Å². The molecular formula is C66H70BN3. The van der Waals surface area contributed by atoms with Gasteiger partial charge in [0.15, 0.2) is 0 Å². The molecule has 0 amide bonds. The average Bonchev–Trinajstić information content (AvgIpc) is 3.31. The zero-order valence-electron chi connectivity index (χ0n) is 44.1. The van der Waals surface area contributed by atoms with Crippen LogP contribution in [0.3, 0.4) is 0 Å². The standard InChI is InChI=1S/C66H70BN3/c1-43-20-23-45(24-21-43)54-35-22-44(2)38-59(54)68(50-18-16-15-17-19-50)53-41-60-62-61(42-53)70(52-33-27-47(28-34-52)64(6,7)8)58-37-30-49(66(12,13)14)40-56(58)67(62)55-39-48(65(9,10)11)29-36-57(55)69(60)51-31-25-46(26-32-51)63(3,4)5/h15-42H,1-14H3. The van der Waals surface area contributed by atoms with Gasteiger partial charge in [0.2, 0.25) is 0 Å². The first-order valence-electron chi connectivity index (χ1n) is 25.4. The van der Waals surface area contributed by atoms with Crippen molar-refractivity contribution in [3.63, 3.8) is 0 Å². The Balaban J connectivity index is 1.36. The van der Waals surface area contributed by atoms with E-state index in [9.17, 15) is 0 Å². The SMILES string of the molecule is Cc1ccc(-c2ccc(C)cc2N(c2ccccc2)c2cc3c4c(c2)N(c2ccc(C(C)(C)C)cc2)c2ccc(C(C)(C)C)cc2B4c2cc(C(C)(C)C)ccc2N3c2ccc(C(C)(C)C)cc2)cc1. The lowest BCUT2D eigenvalue weighted by Crippen LogP contribution is -2.61. The lowest BCUT2D eigenvalue weighted by atomic mass is 9.33. The lowest BCUT2D eigenvalue weighted by Gasteiger charge is -2.45. The van der Waals surface area contributed by atoms with Gasteiger partial charge in [-0.3, -0.25) is 0 Å². The van der Waals surface area contributed by atoms with E-state index < -0.39 is 0 Å². The summed E-state index contributed by atoms with van der Waals surface area (Å²) in [6.07, 6.45) is 0. The molecule has 2 aliphatic rings. The summed E-state index contributed by atoms with van der Waals surface area (Å²) in [4.78, 5) is 7.66. The highest BCUT2D eigenvalue weighted by atomic mass is 15.2. The molecular weight excluding hydrogens is 846 g/mol. The van der Waals surface area contributed by atoms with E-state index in [0.717, 1.165) is 28.4 Å². The predicted molar refractivity (Wildman–Crippen MR) is 305 cm³/mol. The molecule has 2 aliphatic heterocycles. The number of para-hydroxylation sites is 1. The first kappa shape index (κ1) is 46.9. The number of nitrogens with zero attached hydrogens (tertiary/aromatic N) is 3. The van der Waals surface area contributed by atoms with Gasteiger partial charge in [0.25, 0.3) is 6.71 Å². The quantitative estimate of drug-likeness (QED) is 0.154. The van der Waals surface area contributed by atoms with Crippen LogP contribution in [0.1, 0.15) is 116 Å². The van der Waals surface area contributed by atoms with Crippen LogP contribution in [0.2, 0.25) is 0 Å². The number of anilines is 9. The molecule has 4 heteroatoms. The van der Waals surface area contributed by atoms with Crippen LogP contribution in [0.5, 0.6) is 0 Å². The fourth-order valence-corrected chi connectivity index (χ4v) is 10.6. The molecule has 0 saturated carbocycles. The second-order valence-corrected chi connectivity index (χ2v) is 24.2. The molecule has 70 heavy (non-hydrogen) atoms. The zero-order chi connectivity index (χ0) is 49.7. The van der Waals surface area contributed by atoms with Crippen molar-refractivity contribution >= 4 is 74.3 Å². The fraction of sp³-hybridized carbons (Fsp3) is 0.273. The third kappa shape index (κ3) is 8.44. The molecule has 0 bridgehead atoms. The highest BCUT2D eigenvalue weighted by molar-refractivity contribution is 7.00. The van der Waals surface area contributed by atoms with Gasteiger partial charge < -0.3 is 14.7 Å². The van der Waals surface area contributed by atoms with Gasteiger partial charge in [-0.15, -0.1) is 0 Å². The van der Waals surface area contributed by atoms with Crippen LogP contribution in [-0.2, 0) is 21.7 Å². The van der Waals surface area contributed by atoms with Crippen LogP contribution in [0.4, 0.5) is 51.2 Å². The topological polar surface area (TPSA) is 9.72 Å². The van der Waals surface area contributed by atoms with E-state index in [1.807, 2.05) is 0 Å². The number of hydrogen-bond acceptors (Lipinski definition) is 3. The van der Waals surface area contributed by atoms with Gasteiger partial charge in [-0.05, 0) is 152 Å². The Labute approximate surface area is 419 Å². The van der Waals surface area contributed by atoms with Crippen molar-refractivity contribution in [2.24, 2.45) is 0 Å². The predicted octanol–water partition coefficient (Wildman–Crippen LogP) is 16.7. The summed E-state index contributed by atoms with van der Waals surface area (Å²) in [5.41, 5.74) is 24.5. The molecule has 2 heterocycles. The molecule has 352 valence electrons. The van der Waals surface area contributed by atoms with Gasteiger partial charge in [0.05, 0.1) is 11.4 Å². The third-order valence-corrected chi connectivity index (χ3v) is 14.8. The number of benzene rings is 8. The lowest BCUT2D eigenvalue weighted by molar-refractivity contribution is 0.590. The molecule has 0 spiro atoms. The van der Waals surface area contributed by atoms with Crippen molar-refractivity contribution in [1.29, 1.82) is 0 Å². The van der Waals surface area contributed by atoms with E-state index in [1.165, 1.54) is 83.6 Å². The summed E-state index contributed by atoms with van der Waals surface area (Å²) in [6, 6.07) is 65.3. The first-order chi connectivity index (χ1) is 33.1. The van der Waals surface area contributed by atoms with Crippen LogP contribution in [0, 0.1) is 13.8 Å². The number of aryl methyl sites for hydroxylation is 2. The van der Waals surface area contributed by atoms with Crippen LogP contribution in [-0.4, -0.2) is 6.71 Å². The van der Waals surface area contributed by atoms with Crippen LogP contribution in [0.25, 0.3) is 11.1 Å². The van der Waals surface area contributed by atoms with Crippen molar-refractivity contribution in [3.8, 4) is 11.1 Å². The summed E-state index contributed by atoms with van der Waals surface area (Å²) in [6.45, 7) is 32.2. The Morgan fingerprint density at radius 1 is 0.371 bits per heavy atom. The van der Waals surface area contributed by atoms with E-state index in [1.54, 1.807) is 0 Å². The molecule has 0 N–H and O–H groups in total. The molecule has 0 fully saturated rings. The minimum absolute atomic E-state index is 0.0147. The summed E-state index contributed by atoms with van der Waals surface area (Å²) in [5.74, 6) is 0. The summed E-state index contributed by atoms with van der Waals surface area (Å²) in [5, 5.41) is 0. The highest BCUT2D eigenvalue weighted by Crippen LogP contribution is 2.50. The smallest absolute Gasteiger partial charge is 0.252 e. The molecule has 0 aliphatic carbocycles. The Hall–Kier alpha value is -6.78. The number of fused-ring (bicyclic) bond motifs is 4. The Morgan fingerprint density at radius 2 is 0.800 bits per heavy atom. The van der Waals surface area contributed by atoms with E-state index in [2.05, 4.69) is 281 Å². The second kappa shape index (κ2) is 17.0. The van der Waals surface area contributed by atoms with E-state index >= 15 is 0 Å². The minimum Gasteiger partial charge on any atom is -0.311 e. The fourth-order valence-electron chi connectivity index (χ4n) is 10.6. The molecule has 8 aromatic rings. The van der Waals surface area contributed by atoms with E-state index in [4.69, 9.17) is 0 Å². The Kier molecular flexibility index (Phi) is 11.4. The minimum atomic E-state index is -0.0497. The van der Waals surface area contributed by atoms with Gasteiger partial charge in [0.1, 0.15) is 0 Å². The van der Waals surface area contributed by atoms with Crippen LogP contribution in [0.15, 0.2) is 170 Å². The maximum atomic E-state index is 2.58. The maximum absolute atomic E-state index is 2.58. The van der Waals surface area contributed by atoms with Gasteiger partial charge in [-0.2, -0.15) is 0 Å². The highest BCUT2D eigenvalue weighted by Gasteiger charge is 2.45. The molecule has 0 unspecified atom stereocenters. The van der Waals surface area contributed by atoms with Crippen LogP contribution >= 0.6 is 0 Å². The van der Waals surface area contributed by atoms with Gasteiger partial charge >= 0.3 is 0 Å². The van der Waals surface area contributed by atoms with Crippen molar-refractivity contribution in [2.75, 3.05) is 14.7 Å². The molecule has 3 nitrogen and oxygen atoms in total. The summed E-state index contributed by atoms with van der Waals surface area (Å²) < 4.78 is 0. The molecule has 0 aromatic heterocycles. The van der Waals surface area contributed by atoms with Crippen LogP contribution < -0.4 is 31.1 Å². The third-order valence-electron chi connectivity index (χ3n) is 14.8. The number of rotatable bonds is 6. The van der Waals surface area contributed by atoms with Crippen molar-refractivity contribution in [1.82, 2.24) is 0 Å². The summed E-state index contributed by atoms with van der Waals surface area (Å²) >= 11 is 0. The number of hydrogen-bond donors (Lipinski definition) is 0. The first-order valence-corrected chi connectivity index (χ1v) is 25.4. The van der Waals surface area contributed by atoms with Crippen molar-refractivity contribution in [3.05, 3.63) is 203 Å². The Morgan fingerprint density at radius 3 is 1.24 bits per heavy atom. The molecule has 10 rings (SSSR count). The van der Waals surface area contributed by atoms with E-state index in [0.29, 0.717) is 0 Å². The monoisotopic (exact) mass is 916 g/mol. The normalized spacial score (nSPS) is 13.5. The second-order valence-electron chi connectivity index (χ2n) is 24.2. The molecule has 8 aromatic carbocycles. The zero-order valence-corrected chi connectivity index (χ0v) is 44.1. The van der Waals surface area contributed by atoms with Crippen molar-refractivity contribution in [2.45, 2.75) is 119 Å². The Bertz CT molecular complexity index is 3100. The maximum Gasteiger partial charge on any atom is 0.252 e. The average molecular weight is 916 g/mol. The van der Waals surface area contributed by atoms with Crippen molar-refractivity contribution < 1.29 is 0 Å². The summed E-state index contributed by atoms with van der Waals surface area (Å²) in [7, 11) is 0.